The monoisotopic (exact) mass is 403 g/mol. The topological polar surface area (TPSA) is 57.8 Å². The first-order valence-corrected chi connectivity index (χ1v) is 9.78. The first-order chi connectivity index (χ1) is 13.3. The first-order valence-electron chi connectivity index (χ1n) is 8.55. The molecule has 0 fully saturated rings. The van der Waals surface area contributed by atoms with Crippen molar-refractivity contribution in [2.45, 2.75) is 23.5 Å². The molecule has 0 aliphatic carbocycles. The molecule has 0 bridgehead atoms. The van der Waals surface area contributed by atoms with Crippen molar-refractivity contribution in [3.8, 4) is 22.5 Å². The highest BCUT2D eigenvalue weighted by Crippen LogP contribution is 2.32. The van der Waals surface area contributed by atoms with Gasteiger partial charge in [0.2, 0.25) is 0 Å². The maximum absolute atomic E-state index is 13.0. The molecule has 28 heavy (non-hydrogen) atoms. The molecule has 4 rings (SSSR count). The van der Waals surface area contributed by atoms with Gasteiger partial charge in [-0.25, -0.2) is 0 Å². The summed E-state index contributed by atoms with van der Waals surface area (Å²) in [6.07, 6.45) is -1.15. The van der Waals surface area contributed by atoms with Crippen molar-refractivity contribution >= 4 is 17.7 Å². The molecule has 3 heterocycles. The second-order valence-corrected chi connectivity index (χ2v) is 7.39. The SMILES string of the molecule is CSc1cccc(-c2cc(-c3cc4c([nH]3)CC(C(F)(F)F)NC4=O)ccn2)c1. The van der Waals surface area contributed by atoms with Crippen LogP contribution in [0.5, 0.6) is 0 Å². The van der Waals surface area contributed by atoms with E-state index in [1.807, 2.05) is 41.9 Å². The maximum Gasteiger partial charge on any atom is 0.409 e. The van der Waals surface area contributed by atoms with Crippen LogP contribution in [0.15, 0.2) is 53.6 Å². The predicted molar refractivity (Wildman–Crippen MR) is 102 cm³/mol. The van der Waals surface area contributed by atoms with Crippen LogP contribution < -0.4 is 5.32 Å². The van der Waals surface area contributed by atoms with Gasteiger partial charge >= 0.3 is 6.18 Å². The fourth-order valence-electron chi connectivity index (χ4n) is 3.24. The zero-order chi connectivity index (χ0) is 19.9. The highest BCUT2D eigenvalue weighted by Gasteiger charge is 2.44. The standard InChI is InChI=1S/C20H16F3N3OS/c1-28-13-4-2-3-11(7-13)15-8-12(5-6-24-15)16-9-14-17(25-16)10-18(20(21,22)23)26-19(14)27/h2-9,18,25H,10H2,1H3,(H,26,27). The summed E-state index contributed by atoms with van der Waals surface area (Å²) in [5, 5.41) is 2.03. The van der Waals surface area contributed by atoms with E-state index in [9.17, 15) is 18.0 Å². The van der Waals surface area contributed by atoms with Crippen molar-refractivity contribution in [3.63, 3.8) is 0 Å². The summed E-state index contributed by atoms with van der Waals surface area (Å²) in [6.45, 7) is 0. The van der Waals surface area contributed by atoms with E-state index in [-0.39, 0.29) is 12.0 Å². The minimum absolute atomic E-state index is 0.248. The first kappa shape index (κ1) is 18.6. The molecule has 0 spiro atoms. The van der Waals surface area contributed by atoms with E-state index in [1.165, 1.54) is 0 Å². The number of amides is 1. The number of carbonyl (C=O) groups excluding carboxylic acids is 1. The number of aromatic amines is 1. The van der Waals surface area contributed by atoms with Gasteiger partial charge in [-0.05, 0) is 36.6 Å². The fourth-order valence-corrected chi connectivity index (χ4v) is 3.70. The van der Waals surface area contributed by atoms with E-state index in [2.05, 4.69) is 9.97 Å². The number of benzene rings is 1. The Balaban J connectivity index is 1.69. The third-order valence-electron chi connectivity index (χ3n) is 4.69. The van der Waals surface area contributed by atoms with Gasteiger partial charge in [0.1, 0.15) is 6.04 Å². The van der Waals surface area contributed by atoms with Gasteiger partial charge in [-0.15, -0.1) is 11.8 Å². The van der Waals surface area contributed by atoms with Gasteiger partial charge in [0, 0.05) is 40.0 Å². The molecule has 2 N–H and O–H groups in total. The van der Waals surface area contributed by atoms with Crippen LogP contribution in [0.1, 0.15) is 16.1 Å². The van der Waals surface area contributed by atoms with Gasteiger partial charge in [0.05, 0.1) is 11.3 Å². The number of carbonyl (C=O) groups is 1. The summed E-state index contributed by atoms with van der Waals surface area (Å²) < 4.78 is 39.0. The average Bonchev–Trinajstić information content (AvgIpc) is 3.12. The lowest BCUT2D eigenvalue weighted by molar-refractivity contribution is -0.153. The lowest BCUT2D eigenvalue weighted by Crippen LogP contribution is -2.49. The van der Waals surface area contributed by atoms with E-state index < -0.39 is 18.1 Å². The third kappa shape index (κ3) is 3.52. The van der Waals surface area contributed by atoms with E-state index in [4.69, 9.17) is 0 Å². The van der Waals surface area contributed by atoms with Crippen molar-refractivity contribution in [3.05, 3.63) is 59.9 Å². The highest BCUT2D eigenvalue weighted by atomic mass is 32.2. The van der Waals surface area contributed by atoms with Crippen LogP contribution in [0.25, 0.3) is 22.5 Å². The Hall–Kier alpha value is -2.74. The fraction of sp³-hybridized carbons (Fsp3) is 0.200. The van der Waals surface area contributed by atoms with E-state index >= 15 is 0 Å². The molecule has 1 unspecified atom stereocenters. The summed E-state index contributed by atoms with van der Waals surface area (Å²) in [5.41, 5.74) is 3.58. The molecule has 1 amide bonds. The van der Waals surface area contributed by atoms with Gasteiger partial charge in [-0.3, -0.25) is 9.78 Å². The van der Waals surface area contributed by atoms with Gasteiger partial charge in [-0.1, -0.05) is 12.1 Å². The molecule has 0 radical (unpaired) electrons. The molecule has 1 aliphatic rings. The number of pyridine rings is 1. The molecule has 1 aliphatic heterocycles. The predicted octanol–water partition coefficient (Wildman–Crippen LogP) is 4.68. The van der Waals surface area contributed by atoms with Crippen LogP contribution >= 0.6 is 11.8 Å². The van der Waals surface area contributed by atoms with Crippen LogP contribution in [0, 0.1) is 0 Å². The molecule has 0 saturated carbocycles. The summed E-state index contributed by atoms with van der Waals surface area (Å²) in [6, 6.07) is 11.3. The Kier molecular flexibility index (Phi) is 4.66. The van der Waals surface area contributed by atoms with Crippen molar-refractivity contribution < 1.29 is 18.0 Å². The van der Waals surface area contributed by atoms with Gasteiger partial charge in [0.25, 0.3) is 5.91 Å². The Morgan fingerprint density at radius 1 is 1.14 bits per heavy atom. The molecule has 8 heteroatoms. The normalized spacial score (nSPS) is 16.6. The van der Waals surface area contributed by atoms with Crippen molar-refractivity contribution in [1.29, 1.82) is 0 Å². The van der Waals surface area contributed by atoms with Crippen molar-refractivity contribution in [2.75, 3.05) is 6.26 Å². The molecule has 1 atom stereocenters. The van der Waals surface area contributed by atoms with Crippen LogP contribution in [0.2, 0.25) is 0 Å². The van der Waals surface area contributed by atoms with Crippen LogP contribution in [0.4, 0.5) is 13.2 Å². The minimum Gasteiger partial charge on any atom is -0.358 e. The van der Waals surface area contributed by atoms with E-state index in [0.29, 0.717) is 11.4 Å². The quantitative estimate of drug-likeness (QED) is 0.624. The van der Waals surface area contributed by atoms with Crippen LogP contribution in [-0.4, -0.2) is 34.3 Å². The number of hydrogen-bond donors (Lipinski definition) is 2. The number of H-pyrrole nitrogens is 1. The Bertz CT molecular complexity index is 1050. The number of nitrogens with one attached hydrogen (secondary N) is 2. The molecular weight excluding hydrogens is 387 g/mol. The maximum atomic E-state index is 13.0. The average molecular weight is 403 g/mol. The number of alkyl halides is 3. The Morgan fingerprint density at radius 2 is 1.96 bits per heavy atom. The zero-order valence-electron chi connectivity index (χ0n) is 14.8. The number of thioether (sulfide) groups is 1. The number of hydrogen-bond acceptors (Lipinski definition) is 3. The smallest absolute Gasteiger partial charge is 0.358 e. The Labute approximate surface area is 163 Å². The van der Waals surface area contributed by atoms with Gasteiger partial charge in [0.15, 0.2) is 0 Å². The molecule has 3 aromatic rings. The zero-order valence-corrected chi connectivity index (χ0v) is 15.6. The van der Waals surface area contributed by atoms with E-state index in [1.54, 1.807) is 30.1 Å². The lowest BCUT2D eigenvalue weighted by atomic mass is 10.0. The Morgan fingerprint density at radius 3 is 2.71 bits per heavy atom. The summed E-state index contributed by atoms with van der Waals surface area (Å²) in [7, 11) is 0. The number of aromatic nitrogens is 2. The van der Waals surface area contributed by atoms with Gasteiger partial charge < -0.3 is 10.3 Å². The summed E-state index contributed by atoms with van der Waals surface area (Å²) in [5.74, 6) is -0.715. The number of fused-ring (bicyclic) bond motifs is 1. The molecule has 0 saturated heterocycles. The van der Waals surface area contributed by atoms with Crippen LogP contribution in [0.3, 0.4) is 0 Å². The largest absolute Gasteiger partial charge is 0.409 e. The summed E-state index contributed by atoms with van der Waals surface area (Å²) >= 11 is 1.63. The second-order valence-electron chi connectivity index (χ2n) is 6.51. The van der Waals surface area contributed by atoms with E-state index in [0.717, 1.165) is 21.7 Å². The molecule has 144 valence electrons. The molecular formula is C20H16F3N3OS. The molecule has 4 nitrogen and oxygen atoms in total. The number of rotatable bonds is 3. The third-order valence-corrected chi connectivity index (χ3v) is 5.41. The lowest BCUT2D eigenvalue weighted by Gasteiger charge is -2.25. The second kappa shape index (κ2) is 7.01. The number of nitrogens with zero attached hydrogens (tertiary/aromatic N) is 1. The van der Waals surface area contributed by atoms with Crippen LogP contribution in [-0.2, 0) is 6.42 Å². The summed E-state index contributed by atoms with van der Waals surface area (Å²) in [4.78, 5) is 20.6. The molecule has 1 aromatic carbocycles. The van der Waals surface area contributed by atoms with Crippen molar-refractivity contribution in [2.24, 2.45) is 0 Å². The van der Waals surface area contributed by atoms with Crippen molar-refractivity contribution in [1.82, 2.24) is 15.3 Å². The molecule has 2 aromatic heterocycles. The number of halogens is 3. The minimum atomic E-state index is -4.48. The van der Waals surface area contributed by atoms with Gasteiger partial charge in [-0.2, -0.15) is 13.2 Å². The highest BCUT2D eigenvalue weighted by molar-refractivity contribution is 7.98.